The predicted octanol–water partition coefficient (Wildman–Crippen LogP) is 2.74. The quantitative estimate of drug-likeness (QED) is 0.814. The van der Waals surface area contributed by atoms with Gasteiger partial charge in [-0.15, -0.1) is 0 Å². The summed E-state index contributed by atoms with van der Waals surface area (Å²) < 4.78 is 0.612. The van der Waals surface area contributed by atoms with E-state index in [0.29, 0.717) is 4.75 Å². The molecule has 1 heterocycles. The maximum atomic E-state index is 3.70. The van der Waals surface area contributed by atoms with Gasteiger partial charge in [0.1, 0.15) is 0 Å². The van der Waals surface area contributed by atoms with Crippen molar-refractivity contribution in [2.24, 2.45) is 0 Å². The fraction of sp³-hybridized carbons (Fsp3) is 1.00. The maximum Gasteiger partial charge on any atom is 0.0284 e. The van der Waals surface area contributed by atoms with Crippen LogP contribution >= 0.6 is 11.8 Å². The Bertz CT molecular complexity index is 223. The Morgan fingerprint density at radius 3 is 2.76 bits per heavy atom. The first-order valence-electron chi connectivity index (χ1n) is 7.29. The average Bonchev–Trinajstić information content (AvgIpc) is 2.49. The molecule has 2 fully saturated rings. The van der Waals surface area contributed by atoms with Crippen LogP contribution in [-0.2, 0) is 0 Å². The van der Waals surface area contributed by atoms with Gasteiger partial charge in [0, 0.05) is 23.9 Å². The minimum atomic E-state index is 0.612. The van der Waals surface area contributed by atoms with Gasteiger partial charge < -0.3 is 10.2 Å². The van der Waals surface area contributed by atoms with Crippen LogP contribution in [0.1, 0.15) is 45.4 Å². The van der Waals surface area contributed by atoms with E-state index in [9.17, 15) is 0 Å². The molecule has 1 saturated carbocycles. The molecule has 3 heteroatoms. The molecule has 0 aromatic rings. The Kier molecular flexibility index (Phi) is 5.19. The van der Waals surface area contributed by atoms with Gasteiger partial charge >= 0.3 is 0 Å². The van der Waals surface area contributed by atoms with E-state index < -0.39 is 0 Å². The zero-order valence-corrected chi connectivity index (χ0v) is 12.3. The Labute approximate surface area is 111 Å². The van der Waals surface area contributed by atoms with Gasteiger partial charge in [-0.3, -0.25) is 0 Å². The van der Waals surface area contributed by atoms with E-state index in [2.05, 4.69) is 35.2 Å². The average molecular weight is 256 g/mol. The zero-order chi connectivity index (χ0) is 12.1. The first-order chi connectivity index (χ1) is 8.28. The highest BCUT2D eigenvalue weighted by molar-refractivity contribution is 8.00. The van der Waals surface area contributed by atoms with E-state index in [1.54, 1.807) is 0 Å². The Balaban J connectivity index is 1.85. The smallest absolute Gasteiger partial charge is 0.0284 e. The maximum absolute atomic E-state index is 3.70. The Morgan fingerprint density at radius 2 is 2.18 bits per heavy atom. The fourth-order valence-corrected chi connectivity index (χ4v) is 4.18. The molecular weight excluding hydrogens is 228 g/mol. The summed E-state index contributed by atoms with van der Waals surface area (Å²) in [7, 11) is 0. The van der Waals surface area contributed by atoms with Crippen molar-refractivity contribution in [2.75, 3.05) is 32.4 Å². The summed E-state index contributed by atoms with van der Waals surface area (Å²) in [6.45, 7) is 7.42. The van der Waals surface area contributed by atoms with E-state index in [-0.39, 0.29) is 0 Å². The second-order valence-electron chi connectivity index (χ2n) is 5.77. The van der Waals surface area contributed by atoms with Crippen LogP contribution in [0.15, 0.2) is 0 Å². The van der Waals surface area contributed by atoms with Gasteiger partial charge in [0.05, 0.1) is 0 Å². The first kappa shape index (κ1) is 13.7. The van der Waals surface area contributed by atoms with Crippen LogP contribution in [0.3, 0.4) is 0 Å². The van der Waals surface area contributed by atoms with Gasteiger partial charge in [-0.05, 0) is 45.0 Å². The van der Waals surface area contributed by atoms with Crippen molar-refractivity contribution in [2.45, 2.75) is 56.2 Å². The van der Waals surface area contributed by atoms with Crippen molar-refractivity contribution in [3.8, 4) is 0 Å². The van der Waals surface area contributed by atoms with E-state index in [1.165, 1.54) is 64.7 Å². The monoisotopic (exact) mass is 256 g/mol. The lowest BCUT2D eigenvalue weighted by atomic mass is 9.83. The normalized spacial score (nSPS) is 29.6. The molecule has 100 valence electrons. The number of thioether (sulfide) groups is 1. The molecule has 17 heavy (non-hydrogen) atoms. The molecule has 0 spiro atoms. The van der Waals surface area contributed by atoms with Crippen LogP contribution in [0.25, 0.3) is 0 Å². The number of hydrogen-bond acceptors (Lipinski definition) is 3. The molecule has 0 radical (unpaired) electrons. The SMILES string of the molecule is CCCC1CN(CC2(SC)CCC2)CCCN1. The fourth-order valence-electron chi connectivity index (χ4n) is 3.17. The summed E-state index contributed by atoms with van der Waals surface area (Å²) in [6.07, 6.45) is 10.6. The molecule has 2 aliphatic rings. The largest absolute Gasteiger partial charge is 0.313 e. The van der Waals surface area contributed by atoms with Crippen LogP contribution in [0.5, 0.6) is 0 Å². The van der Waals surface area contributed by atoms with Crippen LogP contribution in [0.2, 0.25) is 0 Å². The van der Waals surface area contributed by atoms with E-state index in [1.807, 2.05) is 0 Å². The third-order valence-electron chi connectivity index (χ3n) is 4.41. The topological polar surface area (TPSA) is 15.3 Å². The summed E-state index contributed by atoms with van der Waals surface area (Å²) in [5, 5.41) is 3.70. The predicted molar refractivity (Wildman–Crippen MR) is 77.9 cm³/mol. The van der Waals surface area contributed by atoms with Gasteiger partial charge in [0.2, 0.25) is 0 Å². The molecule has 1 unspecified atom stereocenters. The number of nitrogens with zero attached hydrogens (tertiary/aromatic N) is 1. The number of hydrogen-bond donors (Lipinski definition) is 1. The summed E-state index contributed by atoms with van der Waals surface area (Å²) >= 11 is 2.11. The van der Waals surface area contributed by atoms with Crippen molar-refractivity contribution < 1.29 is 0 Å². The Hall–Kier alpha value is 0.270. The standard InChI is InChI=1S/C14H28N2S/c1-3-6-13-11-16(10-5-9-15-13)12-14(17-2)7-4-8-14/h13,15H,3-12H2,1-2H3. The first-order valence-corrected chi connectivity index (χ1v) is 8.51. The molecule has 2 nitrogen and oxygen atoms in total. The van der Waals surface area contributed by atoms with Crippen molar-refractivity contribution in [1.82, 2.24) is 10.2 Å². The second-order valence-corrected chi connectivity index (χ2v) is 7.04. The lowest BCUT2D eigenvalue weighted by Crippen LogP contribution is -2.48. The molecule has 2 rings (SSSR count). The molecule has 0 bridgehead atoms. The van der Waals surface area contributed by atoms with Gasteiger partial charge in [-0.1, -0.05) is 19.8 Å². The highest BCUT2D eigenvalue weighted by atomic mass is 32.2. The summed E-state index contributed by atoms with van der Waals surface area (Å²) in [5.41, 5.74) is 0. The van der Waals surface area contributed by atoms with Crippen LogP contribution in [0, 0.1) is 0 Å². The van der Waals surface area contributed by atoms with Crippen LogP contribution in [0.4, 0.5) is 0 Å². The highest BCUT2D eigenvalue weighted by Crippen LogP contribution is 2.43. The lowest BCUT2D eigenvalue weighted by molar-refractivity contribution is 0.196. The third kappa shape index (κ3) is 3.62. The molecule has 1 N–H and O–H groups in total. The molecule has 0 aromatic carbocycles. The van der Waals surface area contributed by atoms with E-state index in [4.69, 9.17) is 0 Å². The molecule has 1 atom stereocenters. The minimum Gasteiger partial charge on any atom is -0.313 e. The van der Waals surface area contributed by atoms with Gasteiger partial charge in [0.25, 0.3) is 0 Å². The molecular formula is C14H28N2S. The Morgan fingerprint density at radius 1 is 1.35 bits per heavy atom. The van der Waals surface area contributed by atoms with Crippen molar-refractivity contribution in [1.29, 1.82) is 0 Å². The third-order valence-corrected chi connectivity index (χ3v) is 5.81. The lowest BCUT2D eigenvalue weighted by Gasteiger charge is -2.44. The highest BCUT2D eigenvalue weighted by Gasteiger charge is 2.38. The van der Waals surface area contributed by atoms with Crippen LogP contribution in [-0.4, -0.2) is 48.1 Å². The van der Waals surface area contributed by atoms with Crippen molar-refractivity contribution in [3.05, 3.63) is 0 Å². The summed E-state index contributed by atoms with van der Waals surface area (Å²) in [4.78, 5) is 2.73. The second kappa shape index (κ2) is 6.44. The van der Waals surface area contributed by atoms with Crippen molar-refractivity contribution >= 4 is 11.8 Å². The number of nitrogens with one attached hydrogen (secondary N) is 1. The van der Waals surface area contributed by atoms with E-state index in [0.717, 1.165) is 6.04 Å². The molecule has 1 aliphatic carbocycles. The van der Waals surface area contributed by atoms with Gasteiger partial charge in [0.15, 0.2) is 0 Å². The van der Waals surface area contributed by atoms with Gasteiger partial charge in [-0.25, -0.2) is 0 Å². The van der Waals surface area contributed by atoms with Crippen molar-refractivity contribution in [3.63, 3.8) is 0 Å². The van der Waals surface area contributed by atoms with E-state index >= 15 is 0 Å². The van der Waals surface area contributed by atoms with Crippen LogP contribution < -0.4 is 5.32 Å². The number of rotatable bonds is 5. The summed E-state index contributed by atoms with van der Waals surface area (Å²) in [6, 6.07) is 0.737. The molecule has 0 amide bonds. The molecule has 0 aromatic heterocycles. The molecule has 1 aliphatic heterocycles. The minimum absolute atomic E-state index is 0.612. The molecule has 1 saturated heterocycles. The van der Waals surface area contributed by atoms with Gasteiger partial charge in [-0.2, -0.15) is 11.8 Å². The zero-order valence-electron chi connectivity index (χ0n) is 11.5. The summed E-state index contributed by atoms with van der Waals surface area (Å²) in [5.74, 6) is 0.